The van der Waals surface area contributed by atoms with Crippen molar-refractivity contribution in [3.63, 3.8) is 0 Å². The van der Waals surface area contributed by atoms with Gasteiger partial charge in [-0.15, -0.1) is 0 Å². The number of hydrogen-bond donors (Lipinski definition) is 2. The quantitative estimate of drug-likeness (QED) is 0.204. The molecule has 3 heterocycles. The molecule has 1 fully saturated rings. The standard InChI is InChI=1S/C36H42F2N6O4/c1-21-10-11-24-25(12-13-27(38)30(24)43-29(45)18-35(2,3)4)31(21)47-32-26(9-8-15-39-32)28-14-16-40-33(42-28)41-23-17-22(37)19-44(20-23)34(46)48-36(5,6)7/h8-16,22-23H,17-20H2,1-7H3,(H,43,45)(H,40,41,42)/t22-,23-/m0/s1. The van der Waals surface area contributed by atoms with Gasteiger partial charge in [0.1, 0.15) is 23.3 Å². The summed E-state index contributed by atoms with van der Waals surface area (Å²) in [5.74, 6) is 0.107. The van der Waals surface area contributed by atoms with Crippen molar-refractivity contribution in [3.8, 4) is 22.9 Å². The van der Waals surface area contributed by atoms with Crippen LogP contribution in [-0.4, -0.2) is 62.8 Å². The van der Waals surface area contributed by atoms with E-state index in [1.165, 1.54) is 11.0 Å². The van der Waals surface area contributed by atoms with Crippen molar-refractivity contribution in [3.05, 3.63) is 66.2 Å². The van der Waals surface area contributed by atoms with E-state index in [0.29, 0.717) is 27.8 Å². The highest BCUT2D eigenvalue weighted by molar-refractivity contribution is 6.05. The maximum absolute atomic E-state index is 15.1. The molecule has 1 aliphatic rings. The zero-order valence-electron chi connectivity index (χ0n) is 28.4. The van der Waals surface area contributed by atoms with E-state index >= 15 is 4.39 Å². The van der Waals surface area contributed by atoms with Gasteiger partial charge in [-0.2, -0.15) is 0 Å². The van der Waals surface area contributed by atoms with Gasteiger partial charge in [-0.3, -0.25) is 4.79 Å². The van der Waals surface area contributed by atoms with Gasteiger partial charge in [0.25, 0.3) is 0 Å². The first-order chi connectivity index (χ1) is 22.6. The minimum absolute atomic E-state index is 0.0462. The third-order valence-electron chi connectivity index (χ3n) is 7.54. The van der Waals surface area contributed by atoms with Crippen molar-refractivity contribution in [1.82, 2.24) is 19.9 Å². The van der Waals surface area contributed by atoms with Crippen molar-refractivity contribution < 1.29 is 27.8 Å². The lowest BCUT2D eigenvalue weighted by Gasteiger charge is -2.36. The van der Waals surface area contributed by atoms with Crippen LogP contribution in [-0.2, 0) is 9.53 Å². The van der Waals surface area contributed by atoms with E-state index < -0.39 is 29.7 Å². The lowest BCUT2D eigenvalue weighted by atomic mass is 9.92. The molecule has 2 aromatic heterocycles. The predicted octanol–water partition coefficient (Wildman–Crippen LogP) is 8.07. The smallest absolute Gasteiger partial charge is 0.410 e. The highest BCUT2D eigenvalue weighted by Crippen LogP contribution is 2.39. The number of pyridine rings is 1. The molecule has 48 heavy (non-hydrogen) atoms. The van der Waals surface area contributed by atoms with Gasteiger partial charge in [0.05, 0.1) is 23.5 Å². The summed E-state index contributed by atoms with van der Waals surface area (Å²) in [6.07, 6.45) is 1.74. The fourth-order valence-electron chi connectivity index (χ4n) is 5.53. The zero-order valence-corrected chi connectivity index (χ0v) is 28.4. The summed E-state index contributed by atoms with van der Waals surface area (Å²) in [5, 5.41) is 7.01. The SMILES string of the molecule is Cc1ccc2c(NC(=O)CC(C)(C)C)c(F)ccc2c1Oc1ncccc1-c1ccnc(N[C@H]2C[C@H](F)CN(C(=O)OC(C)(C)C)C2)n1. The Hall–Kier alpha value is -4.87. The number of nitrogens with one attached hydrogen (secondary N) is 2. The summed E-state index contributed by atoms with van der Waals surface area (Å²) in [7, 11) is 0. The highest BCUT2D eigenvalue weighted by atomic mass is 19.1. The number of alkyl halides is 1. The zero-order chi connectivity index (χ0) is 34.8. The normalized spacial score (nSPS) is 16.8. The fraction of sp³-hybridized carbons (Fsp3) is 0.417. The first-order valence-electron chi connectivity index (χ1n) is 15.9. The number of carbonyl (C=O) groups excluding carboxylic acids is 2. The van der Waals surface area contributed by atoms with Crippen LogP contribution in [0, 0.1) is 18.2 Å². The van der Waals surface area contributed by atoms with Crippen LogP contribution in [0.15, 0.2) is 54.9 Å². The van der Waals surface area contributed by atoms with Gasteiger partial charge >= 0.3 is 6.09 Å². The lowest BCUT2D eigenvalue weighted by Crippen LogP contribution is -2.51. The van der Waals surface area contributed by atoms with E-state index in [1.54, 1.807) is 69.6 Å². The number of ether oxygens (including phenoxy) is 2. The summed E-state index contributed by atoms with van der Waals surface area (Å²) in [6.45, 7) is 13.2. The lowest BCUT2D eigenvalue weighted by molar-refractivity contribution is -0.117. The Morgan fingerprint density at radius 2 is 1.73 bits per heavy atom. The number of fused-ring (bicyclic) bond motifs is 1. The van der Waals surface area contributed by atoms with Crippen LogP contribution in [0.3, 0.4) is 0 Å². The van der Waals surface area contributed by atoms with Gasteiger partial charge in [-0.25, -0.2) is 28.5 Å². The third kappa shape index (κ3) is 8.53. The number of hydrogen-bond acceptors (Lipinski definition) is 8. The first kappa shape index (κ1) is 34.5. The van der Waals surface area contributed by atoms with Crippen molar-refractivity contribution in [2.75, 3.05) is 23.7 Å². The molecular formula is C36H42F2N6O4. The summed E-state index contributed by atoms with van der Waals surface area (Å²) in [5.41, 5.74) is 0.941. The molecule has 2 atom stereocenters. The van der Waals surface area contributed by atoms with Crippen LogP contribution in [0.1, 0.15) is 59.9 Å². The molecule has 10 nitrogen and oxygen atoms in total. The van der Waals surface area contributed by atoms with Crippen LogP contribution in [0.5, 0.6) is 11.6 Å². The minimum Gasteiger partial charge on any atom is -0.444 e. The van der Waals surface area contributed by atoms with E-state index in [-0.39, 0.29) is 54.8 Å². The molecule has 12 heteroatoms. The molecule has 0 spiro atoms. The Balaban J connectivity index is 1.41. The Morgan fingerprint density at radius 3 is 2.46 bits per heavy atom. The molecule has 2 N–H and O–H groups in total. The molecule has 2 aromatic carbocycles. The Labute approximate surface area is 279 Å². The third-order valence-corrected chi connectivity index (χ3v) is 7.54. The van der Waals surface area contributed by atoms with Gasteiger partial charge in [0, 0.05) is 48.6 Å². The molecule has 1 saturated heterocycles. The van der Waals surface area contributed by atoms with Gasteiger partial charge in [0.2, 0.25) is 17.7 Å². The van der Waals surface area contributed by atoms with Crippen LogP contribution in [0.2, 0.25) is 0 Å². The van der Waals surface area contributed by atoms with E-state index in [1.807, 2.05) is 27.7 Å². The Kier molecular flexibility index (Phi) is 9.84. The molecule has 0 saturated carbocycles. The van der Waals surface area contributed by atoms with E-state index in [4.69, 9.17) is 9.47 Å². The van der Waals surface area contributed by atoms with Crippen molar-refractivity contribution >= 4 is 34.4 Å². The summed E-state index contributed by atoms with van der Waals surface area (Å²) >= 11 is 0. The molecule has 0 bridgehead atoms. The largest absolute Gasteiger partial charge is 0.444 e. The maximum Gasteiger partial charge on any atom is 0.410 e. The second-order valence-corrected chi connectivity index (χ2v) is 14.3. The molecule has 2 amide bonds. The molecule has 0 unspecified atom stereocenters. The maximum atomic E-state index is 15.1. The molecule has 4 aromatic rings. The molecular weight excluding hydrogens is 618 g/mol. The predicted molar refractivity (Wildman–Crippen MR) is 181 cm³/mol. The van der Waals surface area contributed by atoms with Gasteiger partial charge in [0.15, 0.2) is 0 Å². The fourth-order valence-corrected chi connectivity index (χ4v) is 5.53. The topological polar surface area (TPSA) is 119 Å². The van der Waals surface area contributed by atoms with E-state index in [0.717, 1.165) is 5.56 Å². The van der Waals surface area contributed by atoms with Crippen LogP contribution in [0.4, 0.5) is 25.2 Å². The van der Waals surface area contributed by atoms with Gasteiger partial charge in [-0.1, -0.05) is 32.9 Å². The molecule has 254 valence electrons. The molecule has 1 aliphatic heterocycles. The number of benzene rings is 2. The monoisotopic (exact) mass is 660 g/mol. The number of piperidine rings is 1. The second kappa shape index (κ2) is 13.7. The van der Waals surface area contributed by atoms with E-state index in [9.17, 15) is 14.0 Å². The number of rotatable bonds is 7. The van der Waals surface area contributed by atoms with Crippen LogP contribution in [0.25, 0.3) is 22.0 Å². The number of halogens is 2. The number of aryl methyl sites for hydroxylation is 1. The number of nitrogens with zero attached hydrogens (tertiary/aromatic N) is 4. The number of carbonyl (C=O) groups is 2. The molecule has 0 radical (unpaired) electrons. The number of anilines is 2. The summed E-state index contributed by atoms with van der Waals surface area (Å²) in [4.78, 5) is 40.2. The van der Waals surface area contributed by atoms with Crippen LogP contribution >= 0.6 is 0 Å². The number of amides is 2. The highest BCUT2D eigenvalue weighted by Gasteiger charge is 2.33. The second-order valence-electron chi connectivity index (χ2n) is 14.3. The number of likely N-dealkylation sites (tertiary alicyclic amines) is 1. The minimum atomic E-state index is -1.24. The number of aromatic nitrogens is 3. The Bertz CT molecular complexity index is 1820. The van der Waals surface area contributed by atoms with Gasteiger partial charge < -0.3 is 25.0 Å². The summed E-state index contributed by atoms with van der Waals surface area (Å²) < 4.78 is 41.7. The molecule has 0 aliphatic carbocycles. The van der Waals surface area contributed by atoms with Crippen molar-refractivity contribution in [2.24, 2.45) is 5.41 Å². The van der Waals surface area contributed by atoms with Gasteiger partial charge in [-0.05, 0) is 69.0 Å². The van der Waals surface area contributed by atoms with Crippen molar-refractivity contribution in [1.29, 1.82) is 0 Å². The average Bonchev–Trinajstić information content (AvgIpc) is 2.98. The first-order valence-corrected chi connectivity index (χ1v) is 15.9. The summed E-state index contributed by atoms with van der Waals surface area (Å²) in [6, 6.07) is 11.3. The van der Waals surface area contributed by atoms with Crippen molar-refractivity contribution in [2.45, 2.75) is 79.1 Å². The Morgan fingerprint density at radius 1 is 0.979 bits per heavy atom. The average molecular weight is 661 g/mol. The van der Waals surface area contributed by atoms with Crippen LogP contribution < -0.4 is 15.4 Å². The van der Waals surface area contributed by atoms with E-state index in [2.05, 4.69) is 25.6 Å². The molecule has 5 rings (SSSR count).